The third kappa shape index (κ3) is 2.60. The van der Waals surface area contributed by atoms with E-state index in [1.807, 2.05) is 0 Å². The molecule has 4 nitrogen and oxygen atoms in total. The van der Waals surface area contributed by atoms with Gasteiger partial charge in [0.1, 0.15) is 11.5 Å². The lowest BCUT2D eigenvalue weighted by Crippen LogP contribution is -2.32. The van der Waals surface area contributed by atoms with Gasteiger partial charge in [-0.25, -0.2) is 0 Å². The van der Waals surface area contributed by atoms with Gasteiger partial charge in [0.2, 0.25) is 0 Å². The number of benzene rings is 1. The fourth-order valence-corrected chi connectivity index (χ4v) is 2.70. The number of phenols is 1. The molecular weight excluding hydrogens is 230 g/mol. The summed E-state index contributed by atoms with van der Waals surface area (Å²) in [6.07, 6.45) is 3.72. The topological polar surface area (TPSA) is 75.7 Å². The maximum atomic E-state index is 10.3. The molecule has 4 N–H and O–H groups in total. The van der Waals surface area contributed by atoms with E-state index in [9.17, 15) is 10.2 Å². The second-order valence-electron chi connectivity index (χ2n) is 4.99. The number of aliphatic hydroxyl groups is 1. The van der Waals surface area contributed by atoms with Gasteiger partial charge in [0.25, 0.3) is 0 Å². The van der Waals surface area contributed by atoms with Gasteiger partial charge in [-0.05, 0) is 37.0 Å². The van der Waals surface area contributed by atoms with Crippen LogP contribution in [-0.2, 0) is 0 Å². The average Bonchev–Trinajstić information content (AvgIpc) is 2.91. The van der Waals surface area contributed by atoms with E-state index in [1.165, 1.54) is 0 Å². The van der Waals surface area contributed by atoms with Crippen LogP contribution in [0.3, 0.4) is 0 Å². The summed E-state index contributed by atoms with van der Waals surface area (Å²) in [6.45, 7) is 0. The average molecular weight is 251 g/mol. The zero-order valence-electron chi connectivity index (χ0n) is 10.7. The van der Waals surface area contributed by atoms with E-state index in [4.69, 9.17) is 10.5 Å². The molecule has 1 saturated carbocycles. The van der Waals surface area contributed by atoms with Crippen molar-refractivity contribution in [3.63, 3.8) is 0 Å². The van der Waals surface area contributed by atoms with Crippen molar-refractivity contribution in [2.24, 2.45) is 11.7 Å². The highest BCUT2D eigenvalue weighted by molar-refractivity contribution is 5.41. The summed E-state index contributed by atoms with van der Waals surface area (Å²) in [5.41, 5.74) is 6.63. The van der Waals surface area contributed by atoms with Crippen LogP contribution in [0.4, 0.5) is 0 Å². The minimum atomic E-state index is -0.606. The van der Waals surface area contributed by atoms with Gasteiger partial charge in [-0.1, -0.05) is 12.8 Å². The van der Waals surface area contributed by atoms with Gasteiger partial charge in [-0.15, -0.1) is 0 Å². The molecule has 2 rings (SSSR count). The molecule has 0 spiro atoms. The first-order valence-corrected chi connectivity index (χ1v) is 6.44. The molecule has 0 radical (unpaired) electrons. The molecule has 1 aromatic rings. The molecule has 2 atom stereocenters. The van der Waals surface area contributed by atoms with E-state index >= 15 is 0 Å². The highest BCUT2D eigenvalue weighted by Crippen LogP contribution is 2.36. The van der Waals surface area contributed by atoms with Crippen LogP contribution in [0.5, 0.6) is 11.5 Å². The molecule has 4 heteroatoms. The zero-order valence-corrected chi connectivity index (χ0v) is 10.7. The van der Waals surface area contributed by atoms with Crippen LogP contribution >= 0.6 is 0 Å². The highest BCUT2D eigenvalue weighted by Gasteiger charge is 2.30. The first-order valence-electron chi connectivity index (χ1n) is 6.44. The lowest BCUT2D eigenvalue weighted by Gasteiger charge is -2.25. The standard InChI is InChI=1S/C14H21NO3/c1-18-10-6-7-12(16)11(8-10)13(15)14(17)9-4-2-3-5-9/h6-9,13-14,16-17H,2-5,15H2,1H3/t13-,14+/m1/s1. The number of rotatable bonds is 4. The number of aliphatic hydroxyl groups excluding tert-OH is 1. The molecule has 0 unspecified atom stereocenters. The van der Waals surface area contributed by atoms with E-state index in [1.54, 1.807) is 25.3 Å². The summed E-state index contributed by atoms with van der Waals surface area (Å²) in [6, 6.07) is 4.35. The molecule has 1 fully saturated rings. The second-order valence-corrected chi connectivity index (χ2v) is 4.99. The summed E-state index contributed by atoms with van der Waals surface area (Å²) < 4.78 is 5.12. The molecular formula is C14H21NO3. The van der Waals surface area contributed by atoms with Gasteiger partial charge in [0, 0.05) is 5.56 Å². The normalized spacial score (nSPS) is 19.7. The Balaban J connectivity index is 2.18. The third-order valence-corrected chi connectivity index (χ3v) is 3.84. The number of aromatic hydroxyl groups is 1. The van der Waals surface area contributed by atoms with Crippen LogP contribution in [0.1, 0.15) is 37.3 Å². The molecule has 0 aromatic heterocycles. The quantitative estimate of drug-likeness (QED) is 0.764. The van der Waals surface area contributed by atoms with Crippen molar-refractivity contribution in [3.8, 4) is 11.5 Å². The Labute approximate surface area is 107 Å². The number of nitrogens with two attached hydrogens (primary N) is 1. The molecule has 0 amide bonds. The van der Waals surface area contributed by atoms with Crippen LogP contribution in [0, 0.1) is 5.92 Å². The van der Waals surface area contributed by atoms with E-state index in [2.05, 4.69) is 0 Å². The summed E-state index contributed by atoms with van der Waals surface area (Å²) in [5.74, 6) is 0.989. The van der Waals surface area contributed by atoms with Gasteiger partial charge in [0.05, 0.1) is 19.3 Å². The molecule has 0 aliphatic heterocycles. The van der Waals surface area contributed by atoms with E-state index in [0.29, 0.717) is 11.3 Å². The molecule has 0 bridgehead atoms. The minimum Gasteiger partial charge on any atom is -0.508 e. The largest absolute Gasteiger partial charge is 0.508 e. The van der Waals surface area contributed by atoms with Gasteiger partial charge < -0.3 is 20.7 Å². The molecule has 100 valence electrons. The Bertz CT molecular complexity index is 402. The maximum absolute atomic E-state index is 10.3. The lowest BCUT2D eigenvalue weighted by atomic mass is 9.90. The molecule has 18 heavy (non-hydrogen) atoms. The van der Waals surface area contributed by atoms with Crippen molar-refractivity contribution >= 4 is 0 Å². The predicted octanol–water partition coefficient (Wildman–Crippen LogP) is 1.95. The smallest absolute Gasteiger partial charge is 0.120 e. The van der Waals surface area contributed by atoms with Gasteiger partial charge in [0.15, 0.2) is 0 Å². The summed E-state index contributed by atoms with van der Waals surface area (Å²) in [7, 11) is 1.56. The van der Waals surface area contributed by atoms with Crippen molar-refractivity contribution < 1.29 is 14.9 Å². The third-order valence-electron chi connectivity index (χ3n) is 3.84. The van der Waals surface area contributed by atoms with Crippen molar-refractivity contribution in [3.05, 3.63) is 23.8 Å². The number of phenolic OH excluding ortho intramolecular Hbond substituents is 1. The van der Waals surface area contributed by atoms with Gasteiger partial charge in [-0.3, -0.25) is 0 Å². The van der Waals surface area contributed by atoms with Crippen molar-refractivity contribution in [2.75, 3.05) is 7.11 Å². The Morgan fingerprint density at radius 3 is 2.61 bits per heavy atom. The molecule has 0 heterocycles. The van der Waals surface area contributed by atoms with E-state index < -0.39 is 12.1 Å². The molecule has 1 aliphatic carbocycles. The van der Waals surface area contributed by atoms with Crippen LogP contribution in [0.15, 0.2) is 18.2 Å². The first kappa shape index (κ1) is 13.2. The Hall–Kier alpha value is -1.26. The Kier molecular flexibility index (Phi) is 4.09. The molecule has 1 aromatic carbocycles. The fraction of sp³-hybridized carbons (Fsp3) is 0.571. The van der Waals surface area contributed by atoms with Crippen LogP contribution in [0.25, 0.3) is 0 Å². The highest BCUT2D eigenvalue weighted by atomic mass is 16.5. The van der Waals surface area contributed by atoms with Crippen LogP contribution in [0.2, 0.25) is 0 Å². The fourth-order valence-electron chi connectivity index (χ4n) is 2.70. The van der Waals surface area contributed by atoms with Crippen molar-refractivity contribution in [2.45, 2.75) is 37.8 Å². The predicted molar refractivity (Wildman–Crippen MR) is 69.6 cm³/mol. The number of ether oxygens (including phenoxy) is 1. The summed E-state index contributed by atoms with van der Waals surface area (Å²) in [4.78, 5) is 0. The van der Waals surface area contributed by atoms with Crippen molar-refractivity contribution in [1.29, 1.82) is 0 Å². The molecule has 1 aliphatic rings. The number of hydrogen-bond acceptors (Lipinski definition) is 4. The van der Waals surface area contributed by atoms with Crippen LogP contribution < -0.4 is 10.5 Å². The van der Waals surface area contributed by atoms with Crippen molar-refractivity contribution in [1.82, 2.24) is 0 Å². The van der Waals surface area contributed by atoms with Crippen LogP contribution in [-0.4, -0.2) is 23.4 Å². The first-order chi connectivity index (χ1) is 8.63. The maximum Gasteiger partial charge on any atom is 0.120 e. The Morgan fingerprint density at radius 1 is 1.33 bits per heavy atom. The van der Waals surface area contributed by atoms with Gasteiger partial charge in [-0.2, -0.15) is 0 Å². The van der Waals surface area contributed by atoms with E-state index in [0.717, 1.165) is 25.7 Å². The number of methoxy groups -OCH3 is 1. The Morgan fingerprint density at radius 2 is 2.00 bits per heavy atom. The summed E-state index contributed by atoms with van der Waals surface area (Å²) in [5, 5.41) is 20.1. The molecule has 0 saturated heterocycles. The second kappa shape index (κ2) is 5.59. The zero-order chi connectivity index (χ0) is 13.1. The monoisotopic (exact) mass is 251 g/mol. The SMILES string of the molecule is COc1ccc(O)c([C@@H](N)[C@@H](O)C2CCCC2)c1. The number of hydrogen-bond donors (Lipinski definition) is 3. The minimum absolute atomic E-state index is 0.111. The summed E-state index contributed by atoms with van der Waals surface area (Å²) >= 11 is 0. The van der Waals surface area contributed by atoms with E-state index in [-0.39, 0.29) is 11.7 Å². The van der Waals surface area contributed by atoms with Gasteiger partial charge >= 0.3 is 0 Å². The lowest BCUT2D eigenvalue weighted by molar-refractivity contribution is 0.0835.